The molecule has 114 valence electrons. The Hall–Kier alpha value is -0.820. The van der Waals surface area contributed by atoms with Gasteiger partial charge in [-0.3, -0.25) is 4.79 Å². The van der Waals surface area contributed by atoms with Crippen LogP contribution < -0.4 is 0 Å². The summed E-state index contributed by atoms with van der Waals surface area (Å²) in [5, 5.41) is 8.71. The first-order valence-corrected chi connectivity index (χ1v) is 6.20. The number of carboxylic acids is 1. The molecule has 0 aliphatic heterocycles. The average molecular weight is 284 g/mol. The van der Waals surface area contributed by atoms with Gasteiger partial charge in [0.25, 0.3) is 0 Å². The molecule has 0 radical (unpaired) electrons. The molecule has 0 amide bonds. The van der Waals surface area contributed by atoms with Crippen molar-refractivity contribution in [2.45, 2.75) is 20.0 Å². The van der Waals surface area contributed by atoms with Crippen molar-refractivity contribution >= 4 is 5.97 Å². The number of carboxylic acid groups (broad SMARTS) is 1. The van der Waals surface area contributed by atoms with Gasteiger partial charge in [0.15, 0.2) is 5.92 Å². The second-order valence-electron chi connectivity index (χ2n) is 5.39. The van der Waals surface area contributed by atoms with E-state index < -0.39 is 24.6 Å². The van der Waals surface area contributed by atoms with Gasteiger partial charge in [0.1, 0.15) is 0 Å². The lowest BCUT2D eigenvalue weighted by molar-refractivity contribution is -0.196. The third kappa shape index (κ3) is 8.05. The van der Waals surface area contributed by atoms with E-state index in [0.717, 1.165) is 0 Å². The van der Waals surface area contributed by atoms with Gasteiger partial charge < -0.3 is 14.9 Å². The fourth-order valence-electron chi connectivity index (χ4n) is 1.69. The van der Waals surface area contributed by atoms with E-state index in [1.165, 1.54) is 0 Å². The largest absolute Gasteiger partial charge is 0.481 e. The van der Waals surface area contributed by atoms with Crippen molar-refractivity contribution in [3.8, 4) is 0 Å². The predicted molar refractivity (Wildman–Crippen MR) is 67.0 cm³/mol. The highest BCUT2D eigenvalue weighted by Gasteiger charge is 2.45. The monoisotopic (exact) mass is 284 g/mol. The van der Waals surface area contributed by atoms with Crippen molar-refractivity contribution in [3.63, 3.8) is 0 Å². The van der Waals surface area contributed by atoms with Crippen LogP contribution in [0.3, 0.4) is 0 Å². The lowest BCUT2D eigenvalue weighted by Gasteiger charge is -2.29. The Kier molecular flexibility index (Phi) is 7.36. The van der Waals surface area contributed by atoms with Crippen molar-refractivity contribution in [3.05, 3.63) is 0 Å². The normalized spacial score (nSPS) is 14.4. The minimum atomic E-state index is -4.71. The summed E-state index contributed by atoms with van der Waals surface area (Å²) in [6, 6.07) is 0. The van der Waals surface area contributed by atoms with E-state index in [-0.39, 0.29) is 5.92 Å². The number of carbonyl (C=O) groups is 1. The Morgan fingerprint density at radius 1 is 1.16 bits per heavy atom. The van der Waals surface area contributed by atoms with Crippen molar-refractivity contribution in [1.82, 2.24) is 9.80 Å². The van der Waals surface area contributed by atoms with E-state index in [9.17, 15) is 18.0 Å². The zero-order valence-electron chi connectivity index (χ0n) is 11.9. The van der Waals surface area contributed by atoms with Crippen LogP contribution in [0.15, 0.2) is 0 Å². The number of aliphatic carboxylic acids is 1. The first-order chi connectivity index (χ1) is 8.54. The van der Waals surface area contributed by atoms with E-state index in [1.54, 1.807) is 4.90 Å². The van der Waals surface area contributed by atoms with Gasteiger partial charge in [-0.2, -0.15) is 13.2 Å². The molecule has 1 atom stereocenters. The van der Waals surface area contributed by atoms with Gasteiger partial charge in [-0.25, -0.2) is 0 Å². The van der Waals surface area contributed by atoms with E-state index >= 15 is 0 Å². The van der Waals surface area contributed by atoms with Crippen molar-refractivity contribution in [1.29, 1.82) is 0 Å². The van der Waals surface area contributed by atoms with Gasteiger partial charge in [-0.15, -0.1) is 0 Å². The summed E-state index contributed by atoms with van der Waals surface area (Å²) in [4.78, 5) is 14.2. The number of nitrogens with zero attached hydrogens (tertiary/aromatic N) is 2. The van der Waals surface area contributed by atoms with Crippen molar-refractivity contribution in [2.24, 2.45) is 11.8 Å². The second kappa shape index (κ2) is 7.69. The number of halogens is 3. The smallest absolute Gasteiger partial charge is 0.403 e. The highest BCUT2D eigenvalue weighted by molar-refractivity contribution is 5.71. The zero-order chi connectivity index (χ0) is 15.2. The molecule has 0 fully saturated rings. The van der Waals surface area contributed by atoms with Crippen LogP contribution in [0, 0.1) is 11.8 Å². The molecule has 0 aliphatic carbocycles. The molecular formula is C12H23F3N2O2. The zero-order valence-corrected chi connectivity index (χ0v) is 11.9. The molecule has 0 aliphatic rings. The highest BCUT2D eigenvalue weighted by Crippen LogP contribution is 2.27. The standard InChI is InChI=1S/C12H23F3N2O2/c1-9(2)7-17(6-5-16(3)4)8-10(11(18)19)12(13,14)15/h9-10H,5-8H2,1-4H3,(H,18,19). The number of hydrogen-bond donors (Lipinski definition) is 1. The van der Waals surface area contributed by atoms with Crippen molar-refractivity contribution < 1.29 is 23.1 Å². The summed E-state index contributed by atoms with van der Waals surface area (Å²) in [5.41, 5.74) is 0. The molecule has 0 saturated heterocycles. The first kappa shape index (κ1) is 18.2. The minimum Gasteiger partial charge on any atom is -0.481 e. The maximum absolute atomic E-state index is 12.6. The van der Waals surface area contributed by atoms with Crippen molar-refractivity contribution in [2.75, 3.05) is 40.3 Å². The molecule has 0 aromatic heterocycles. The molecule has 19 heavy (non-hydrogen) atoms. The summed E-state index contributed by atoms with van der Waals surface area (Å²) >= 11 is 0. The van der Waals surface area contributed by atoms with Crippen LogP contribution in [0.4, 0.5) is 13.2 Å². The number of likely N-dealkylation sites (N-methyl/N-ethyl adjacent to an activating group) is 1. The maximum Gasteiger partial charge on any atom is 0.403 e. The molecule has 4 nitrogen and oxygen atoms in total. The molecule has 1 unspecified atom stereocenters. The van der Waals surface area contributed by atoms with Crippen LogP contribution in [0.2, 0.25) is 0 Å². The first-order valence-electron chi connectivity index (χ1n) is 6.20. The highest BCUT2D eigenvalue weighted by atomic mass is 19.4. The van der Waals surface area contributed by atoms with Crippen LogP contribution in [-0.2, 0) is 4.79 Å². The average Bonchev–Trinajstić information content (AvgIpc) is 2.18. The molecular weight excluding hydrogens is 261 g/mol. The molecule has 0 bridgehead atoms. The number of alkyl halides is 3. The SMILES string of the molecule is CC(C)CN(CCN(C)C)CC(C(=O)O)C(F)(F)F. The number of hydrogen-bond acceptors (Lipinski definition) is 3. The van der Waals surface area contributed by atoms with Crippen LogP contribution in [0.5, 0.6) is 0 Å². The Labute approximate surface area is 112 Å². The summed E-state index contributed by atoms with van der Waals surface area (Å²) in [5.74, 6) is -3.95. The van der Waals surface area contributed by atoms with Gasteiger partial charge >= 0.3 is 12.1 Å². The summed E-state index contributed by atoms with van der Waals surface area (Å²) in [6.07, 6.45) is -4.71. The summed E-state index contributed by atoms with van der Waals surface area (Å²) < 4.78 is 37.9. The van der Waals surface area contributed by atoms with Crippen LogP contribution in [-0.4, -0.2) is 67.3 Å². The molecule has 7 heteroatoms. The molecule has 0 rings (SSSR count). The predicted octanol–water partition coefficient (Wildman–Crippen LogP) is 1.77. The molecule has 0 aromatic carbocycles. The molecule has 0 saturated carbocycles. The second-order valence-corrected chi connectivity index (χ2v) is 5.39. The maximum atomic E-state index is 12.6. The molecule has 0 heterocycles. The van der Waals surface area contributed by atoms with Gasteiger partial charge in [-0.1, -0.05) is 13.8 Å². The quantitative estimate of drug-likeness (QED) is 0.738. The lowest BCUT2D eigenvalue weighted by atomic mass is 10.1. The molecule has 0 aromatic rings. The van der Waals surface area contributed by atoms with Gasteiger partial charge in [-0.05, 0) is 20.0 Å². The van der Waals surface area contributed by atoms with E-state index in [1.807, 2.05) is 32.8 Å². The fraction of sp³-hybridized carbons (Fsp3) is 0.917. The fourth-order valence-corrected chi connectivity index (χ4v) is 1.69. The van der Waals surface area contributed by atoms with Gasteiger partial charge in [0, 0.05) is 26.2 Å². The molecule has 1 N–H and O–H groups in total. The number of rotatable bonds is 8. The summed E-state index contributed by atoms with van der Waals surface area (Å²) in [7, 11) is 3.65. The Morgan fingerprint density at radius 3 is 2.00 bits per heavy atom. The van der Waals surface area contributed by atoms with Crippen LogP contribution >= 0.6 is 0 Å². The van der Waals surface area contributed by atoms with E-state index in [2.05, 4.69) is 0 Å². The van der Waals surface area contributed by atoms with Crippen LogP contribution in [0.25, 0.3) is 0 Å². The van der Waals surface area contributed by atoms with E-state index in [0.29, 0.717) is 19.6 Å². The summed E-state index contributed by atoms with van der Waals surface area (Å²) in [6.45, 7) is 4.76. The topological polar surface area (TPSA) is 43.8 Å². The Morgan fingerprint density at radius 2 is 1.68 bits per heavy atom. The Bertz CT molecular complexity index is 281. The minimum absolute atomic E-state index is 0.185. The van der Waals surface area contributed by atoms with Crippen LogP contribution in [0.1, 0.15) is 13.8 Å². The molecule has 0 spiro atoms. The lowest BCUT2D eigenvalue weighted by Crippen LogP contribution is -2.44. The van der Waals surface area contributed by atoms with Gasteiger partial charge in [0.2, 0.25) is 0 Å². The van der Waals surface area contributed by atoms with Gasteiger partial charge in [0.05, 0.1) is 0 Å². The third-order valence-electron chi connectivity index (χ3n) is 2.62. The van der Waals surface area contributed by atoms with E-state index in [4.69, 9.17) is 5.11 Å². The third-order valence-corrected chi connectivity index (χ3v) is 2.62. The Balaban J connectivity index is 4.70.